The maximum absolute atomic E-state index is 9.30. The van der Waals surface area contributed by atoms with Gasteiger partial charge >= 0.3 is 0 Å². The van der Waals surface area contributed by atoms with Crippen LogP contribution in [0.2, 0.25) is 0 Å². The molecule has 36 heavy (non-hydrogen) atoms. The lowest BCUT2D eigenvalue weighted by Crippen LogP contribution is -2.37. The lowest BCUT2D eigenvalue weighted by Gasteiger charge is -2.49. The van der Waals surface area contributed by atoms with Crippen molar-refractivity contribution >= 4 is 27.9 Å². The molecule has 1 heterocycles. The van der Waals surface area contributed by atoms with Crippen molar-refractivity contribution in [2.45, 2.75) is 10.7 Å². The second-order valence-corrected chi connectivity index (χ2v) is 11.1. The molecule has 3 aliphatic carbocycles. The molecule has 4 aliphatic rings. The first kappa shape index (κ1) is 21.3. The summed E-state index contributed by atoms with van der Waals surface area (Å²) in [7, 11) is 4.17. The van der Waals surface area contributed by atoms with Gasteiger partial charge in [0.15, 0.2) is 0 Å². The van der Waals surface area contributed by atoms with Gasteiger partial charge in [-0.3, -0.25) is 0 Å². The Morgan fingerprint density at radius 3 is 1.92 bits per heavy atom. The van der Waals surface area contributed by atoms with E-state index in [1.807, 2.05) is 23.9 Å². The van der Waals surface area contributed by atoms with Crippen molar-refractivity contribution in [2.24, 2.45) is 0 Å². The van der Waals surface area contributed by atoms with Gasteiger partial charge in [0.05, 0.1) is 16.4 Å². The van der Waals surface area contributed by atoms with Crippen molar-refractivity contribution in [3.8, 4) is 6.07 Å². The summed E-state index contributed by atoms with van der Waals surface area (Å²) in [5.41, 5.74) is 12.8. The molecule has 0 aromatic heterocycles. The third kappa shape index (κ3) is 2.80. The standard InChI is InChI=1S/C33H24N2S/c1-35(2)24-17-15-23(16-18-24)31-29-19-30(22-13-11-21(20-34)12-14-22)36-33(29)27-9-5-3-7-25(27)32(31)26-8-4-6-10-28(26)33/h3-19,32H,1-2H3. The molecule has 2 bridgehead atoms. The number of nitriles is 1. The van der Waals surface area contributed by atoms with Gasteiger partial charge in [0.1, 0.15) is 0 Å². The van der Waals surface area contributed by atoms with Crippen LogP contribution in [0.4, 0.5) is 5.69 Å². The number of benzene rings is 4. The van der Waals surface area contributed by atoms with E-state index in [9.17, 15) is 5.26 Å². The SMILES string of the molecule is CN(C)c1ccc(C2=C3C=C(c4ccc(C#N)cc4)SC34c3ccccc3C2c2ccccc24)cc1. The van der Waals surface area contributed by atoms with Crippen LogP contribution in [0.25, 0.3) is 10.5 Å². The van der Waals surface area contributed by atoms with Crippen LogP contribution in [-0.4, -0.2) is 14.1 Å². The summed E-state index contributed by atoms with van der Waals surface area (Å²) in [5.74, 6) is 0.205. The van der Waals surface area contributed by atoms with E-state index < -0.39 is 0 Å². The van der Waals surface area contributed by atoms with Crippen LogP contribution < -0.4 is 4.90 Å². The van der Waals surface area contributed by atoms with Crippen LogP contribution in [0.5, 0.6) is 0 Å². The molecule has 0 saturated heterocycles. The maximum Gasteiger partial charge on any atom is 0.0991 e. The average molecular weight is 481 g/mol. The fourth-order valence-electron chi connectivity index (χ4n) is 6.18. The number of hydrogen-bond acceptors (Lipinski definition) is 3. The Morgan fingerprint density at radius 1 is 0.750 bits per heavy atom. The molecule has 1 spiro atoms. The molecular formula is C33H24N2S. The highest BCUT2D eigenvalue weighted by Crippen LogP contribution is 2.70. The zero-order valence-electron chi connectivity index (χ0n) is 20.2. The predicted octanol–water partition coefficient (Wildman–Crippen LogP) is 7.57. The summed E-state index contributed by atoms with van der Waals surface area (Å²) in [5, 5.41) is 9.30. The summed E-state index contributed by atoms with van der Waals surface area (Å²) in [6.07, 6.45) is 2.42. The monoisotopic (exact) mass is 480 g/mol. The summed E-state index contributed by atoms with van der Waals surface area (Å²) >= 11 is 1.95. The molecule has 0 saturated carbocycles. The Morgan fingerprint density at radius 2 is 1.33 bits per heavy atom. The van der Waals surface area contributed by atoms with Gasteiger partial charge in [-0.15, -0.1) is 11.8 Å². The number of nitrogens with zero attached hydrogens (tertiary/aromatic N) is 2. The minimum atomic E-state index is -0.277. The number of rotatable bonds is 3. The molecule has 8 rings (SSSR count). The van der Waals surface area contributed by atoms with Crippen LogP contribution in [-0.2, 0) is 4.75 Å². The van der Waals surface area contributed by atoms with E-state index in [4.69, 9.17) is 0 Å². The van der Waals surface area contributed by atoms with Gasteiger partial charge in [0.2, 0.25) is 0 Å². The normalized spacial score (nSPS) is 20.8. The van der Waals surface area contributed by atoms with E-state index in [1.165, 1.54) is 49.6 Å². The molecule has 0 N–H and O–H groups in total. The quantitative estimate of drug-likeness (QED) is 0.303. The first-order valence-electron chi connectivity index (χ1n) is 12.2. The van der Waals surface area contributed by atoms with Gasteiger partial charge in [0, 0.05) is 30.6 Å². The van der Waals surface area contributed by atoms with E-state index in [-0.39, 0.29) is 10.7 Å². The topological polar surface area (TPSA) is 27.0 Å². The van der Waals surface area contributed by atoms with Gasteiger partial charge < -0.3 is 4.90 Å². The Labute approximate surface area is 216 Å². The molecule has 0 unspecified atom stereocenters. The second kappa shape index (κ2) is 7.75. The molecule has 172 valence electrons. The molecular weight excluding hydrogens is 456 g/mol. The van der Waals surface area contributed by atoms with Crippen molar-refractivity contribution in [1.82, 2.24) is 0 Å². The lowest BCUT2D eigenvalue weighted by molar-refractivity contribution is 0.761. The zero-order valence-corrected chi connectivity index (χ0v) is 21.0. The van der Waals surface area contributed by atoms with Gasteiger partial charge in [-0.05, 0) is 74.9 Å². The van der Waals surface area contributed by atoms with Gasteiger partial charge in [-0.1, -0.05) is 72.8 Å². The summed E-state index contributed by atoms with van der Waals surface area (Å²) in [6, 6.07) is 37.3. The summed E-state index contributed by atoms with van der Waals surface area (Å²) < 4.78 is -0.277. The van der Waals surface area contributed by atoms with Gasteiger partial charge in [-0.2, -0.15) is 5.26 Å². The highest BCUT2D eigenvalue weighted by molar-refractivity contribution is 8.10. The number of allylic oxidation sites excluding steroid dienone is 2. The third-order valence-electron chi connectivity index (χ3n) is 7.79. The maximum atomic E-state index is 9.30. The first-order valence-corrected chi connectivity index (χ1v) is 13.1. The van der Waals surface area contributed by atoms with E-state index in [0.29, 0.717) is 5.56 Å². The molecule has 4 aromatic rings. The molecule has 1 aliphatic heterocycles. The Balaban J connectivity index is 1.52. The first-order chi connectivity index (χ1) is 17.6. The fourth-order valence-corrected chi connectivity index (χ4v) is 7.81. The summed E-state index contributed by atoms with van der Waals surface area (Å²) in [4.78, 5) is 3.40. The van der Waals surface area contributed by atoms with Crippen LogP contribution in [0.3, 0.4) is 0 Å². The Kier molecular flexibility index (Phi) is 4.58. The fraction of sp³-hybridized carbons (Fsp3) is 0.121. The molecule has 0 radical (unpaired) electrons. The molecule has 2 nitrogen and oxygen atoms in total. The average Bonchev–Trinajstić information content (AvgIpc) is 3.35. The highest BCUT2D eigenvalue weighted by atomic mass is 32.2. The van der Waals surface area contributed by atoms with Crippen molar-refractivity contribution in [2.75, 3.05) is 19.0 Å². The van der Waals surface area contributed by atoms with Gasteiger partial charge in [-0.25, -0.2) is 0 Å². The predicted molar refractivity (Wildman–Crippen MR) is 150 cm³/mol. The van der Waals surface area contributed by atoms with Crippen molar-refractivity contribution in [3.05, 3.63) is 148 Å². The minimum absolute atomic E-state index is 0.205. The lowest BCUT2D eigenvalue weighted by atomic mass is 9.59. The number of hydrogen-bond donors (Lipinski definition) is 0. The molecule has 0 atom stereocenters. The van der Waals surface area contributed by atoms with Crippen molar-refractivity contribution in [3.63, 3.8) is 0 Å². The van der Waals surface area contributed by atoms with Gasteiger partial charge in [0.25, 0.3) is 0 Å². The Hall–Kier alpha value is -4.00. The van der Waals surface area contributed by atoms with Crippen molar-refractivity contribution < 1.29 is 0 Å². The van der Waals surface area contributed by atoms with E-state index in [0.717, 1.165) is 5.56 Å². The molecule has 0 fully saturated rings. The van der Waals surface area contributed by atoms with E-state index in [2.05, 4.69) is 116 Å². The smallest absolute Gasteiger partial charge is 0.0991 e. The van der Waals surface area contributed by atoms with E-state index >= 15 is 0 Å². The van der Waals surface area contributed by atoms with Crippen molar-refractivity contribution in [1.29, 1.82) is 5.26 Å². The van der Waals surface area contributed by atoms with Crippen LogP contribution >= 0.6 is 11.8 Å². The second-order valence-electron chi connectivity index (χ2n) is 9.86. The van der Waals surface area contributed by atoms with E-state index in [1.54, 1.807) is 0 Å². The molecule has 3 heteroatoms. The number of thioether (sulfide) groups is 1. The highest BCUT2D eigenvalue weighted by Gasteiger charge is 2.55. The summed E-state index contributed by atoms with van der Waals surface area (Å²) in [6.45, 7) is 0. The zero-order chi connectivity index (χ0) is 24.4. The molecule has 4 aromatic carbocycles. The third-order valence-corrected chi connectivity index (χ3v) is 9.33. The Bertz CT molecular complexity index is 1590. The minimum Gasteiger partial charge on any atom is -0.378 e. The van der Waals surface area contributed by atoms with Crippen LogP contribution in [0, 0.1) is 11.3 Å². The van der Waals surface area contributed by atoms with Crippen LogP contribution in [0.1, 0.15) is 44.9 Å². The molecule has 0 amide bonds. The largest absolute Gasteiger partial charge is 0.378 e. The van der Waals surface area contributed by atoms with Crippen LogP contribution in [0.15, 0.2) is 109 Å². The number of anilines is 1.